The molecule has 6 N–H and O–H groups in total. The van der Waals surface area contributed by atoms with Gasteiger partial charge in [0, 0.05) is 22.5 Å². The highest BCUT2D eigenvalue weighted by molar-refractivity contribution is 7.34. The topological polar surface area (TPSA) is 144 Å². The van der Waals surface area contributed by atoms with Crippen LogP contribution in [0, 0.1) is 0 Å². The lowest BCUT2D eigenvalue weighted by Gasteiger charge is -2.13. The summed E-state index contributed by atoms with van der Waals surface area (Å²) in [4.78, 5) is 22.2. The van der Waals surface area contributed by atoms with E-state index in [1.54, 1.807) is 30.3 Å². The van der Waals surface area contributed by atoms with E-state index in [4.69, 9.17) is 21.7 Å². The van der Waals surface area contributed by atoms with Gasteiger partial charge < -0.3 is 21.7 Å². The van der Waals surface area contributed by atoms with Crippen molar-refractivity contribution in [1.29, 1.82) is 0 Å². The van der Waals surface area contributed by atoms with Crippen molar-refractivity contribution in [3.63, 3.8) is 0 Å². The molecule has 0 unspecified atom stereocenters. The number of carbonyl (C=O) groups is 2. The van der Waals surface area contributed by atoms with Gasteiger partial charge >= 0.3 is 11.9 Å². The Balaban J connectivity index is 2.15. The maximum absolute atomic E-state index is 11.6. The first-order chi connectivity index (χ1) is 13.3. The van der Waals surface area contributed by atoms with Crippen LogP contribution in [-0.2, 0) is 4.57 Å². The van der Waals surface area contributed by atoms with Crippen LogP contribution in [0.15, 0.2) is 54.6 Å². The van der Waals surface area contributed by atoms with Gasteiger partial charge in [-0.3, -0.25) is 4.57 Å². The number of nitrogen functional groups attached to an aromatic ring is 2. The quantitative estimate of drug-likeness (QED) is 0.383. The van der Waals surface area contributed by atoms with Crippen LogP contribution in [0.1, 0.15) is 20.7 Å². The van der Waals surface area contributed by atoms with Crippen LogP contribution in [0.4, 0.5) is 11.4 Å². The second kappa shape index (κ2) is 7.50. The second-order valence-electron chi connectivity index (χ2n) is 6.04. The Hall–Kier alpha value is -3.70. The lowest BCUT2D eigenvalue weighted by Crippen LogP contribution is -2.04. The Labute approximate surface area is 161 Å². The van der Waals surface area contributed by atoms with Crippen molar-refractivity contribution < 1.29 is 24.4 Å². The molecule has 0 aliphatic carbocycles. The Kier molecular flexibility index (Phi) is 5.11. The van der Waals surface area contributed by atoms with Crippen molar-refractivity contribution in [3.05, 3.63) is 65.7 Å². The first-order valence-corrected chi connectivity index (χ1v) is 8.87. The molecule has 0 aromatic heterocycles. The summed E-state index contributed by atoms with van der Waals surface area (Å²) in [6.07, 6.45) is 0. The zero-order chi connectivity index (χ0) is 20.4. The summed E-state index contributed by atoms with van der Waals surface area (Å²) in [5.41, 5.74) is 15.1. The van der Waals surface area contributed by atoms with Crippen LogP contribution in [-0.4, -0.2) is 22.2 Å². The monoisotopic (exact) mass is 394 g/mol. The first kappa shape index (κ1) is 19.1. The lowest BCUT2D eigenvalue weighted by atomic mass is 9.95. The number of carboxylic acid groups (broad SMARTS) is 2. The van der Waals surface area contributed by atoms with E-state index in [1.807, 2.05) is 0 Å². The fourth-order valence-electron chi connectivity index (χ4n) is 2.90. The zero-order valence-electron chi connectivity index (χ0n) is 14.4. The van der Waals surface area contributed by atoms with Crippen LogP contribution < -0.4 is 16.8 Å². The molecule has 0 radical (unpaired) electrons. The van der Waals surface area contributed by atoms with Gasteiger partial charge in [0.25, 0.3) is 0 Å². The molecule has 0 atom stereocenters. The predicted octanol–water partition coefficient (Wildman–Crippen LogP) is 3.50. The largest absolute Gasteiger partial charge is 0.478 e. The van der Waals surface area contributed by atoms with Crippen molar-refractivity contribution in [2.75, 3.05) is 11.5 Å². The van der Waals surface area contributed by atoms with Gasteiger partial charge in [0.05, 0.1) is 16.4 Å². The van der Waals surface area contributed by atoms with Crippen molar-refractivity contribution in [2.45, 2.75) is 0 Å². The molecular formula is C20H15N2O5P. The van der Waals surface area contributed by atoms with Gasteiger partial charge in [-0.1, -0.05) is 18.2 Å². The maximum atomic E-state index is 11.6. The zero-order valence-corrected chi connectivity index (χ0v) is 15.3. The van der Waals surface area contributed by atoms with E-state index in [9.17, 15) is 14.2 Å². The molecule has 3 aromatic rings. The molecule has 0 bridgehead atoms. The molecule has 3 aromatic carbocycles. The molecule has 28 heavy (non-hydrogen) atoms. The summed E-state index contributed by atoms with van der Waals surface area (Å²) in [6, 6.07) is 13.8. The summed E-state index contributed by atoms with van der Waals surface area (Å²) >= 11 is 0. The lowest BCUT2D eigenvalue weighted by molar-refractivity contribution is 0.0686. The normalized spacial score (nSPS) is 10.7. The van der Waals surface area contributed by atoms with Gasteiger partial charge in [-0.25, -0.2) is 9.59 Å². The highest BCUT2D eigenvalue weighted by Gasteiger charge is 2.15. The second-order valence-corrected chi connectivity index (χ2v) is 6.70. The average molecular weight is 394 g/mol. The predicted molar refractivity (Wildman–Crippen MR) is 107 cm³/mol. The van der Waals surface area contributed by atoms with Gasteiger partial charge in [-0.2, -0.15) is 0 Å². The molecule has 140 valence electrons. The Morgan fingerprint density at radius 1 is 0.714 bits per heavy atom. The van der Waals surface area contributed by atoms with Crippen molar-refractivity contribution in [2.24, 2.45) is 0 Å². The minimum absolute atomic E-state index is 0.0483. The summed E-state index contributed by atoms with van der Waals surface area (Å²) in [5.74, 6) is -2.17. The molecule has 8 heteroatoms. The number of anilines is 2. The van der Waals surface area contributed by atoms with Crippen LogP contribution in [0.25, 0.3) is 22.3 Å². The number of aromatic carboxylic acids is 2. The highest BCUT2D eigenvalue weighted by atomic mass is 31.1. The third kappa shape index (κ3) is 3.56. The molecule has 0 heterocycles. The molecule has 0 aliphatic rings. The van der Waals surface area contributed by atoms with E-state index >= 15 is 0 Å². The number of carboxylic acids is 2. The van der Waals surface area contributed by atoms with Crippen LogP contribution in [0.5, 0.6) is 0 Å². The fraction of sp³-hybridized carbons (Fsp3) is 0. The van der Waals surface area contributed by atoms with Gasteiger partial charge in [0.1, 0.15) is 0 Å². The van der Waals surface area contributed by atoms with Gasteiger partial charge in [-0.15, -0.1) is 0 Å². The number of rotatable bonds is 5. The number of hydrogen-bond donors (Lipinski definition) is 4. The van der Waals surface area contributed by atoms with Crippen LogP contribution in [0.3, 0.4) is 0 Å². The Morgan fingerprint density at radius 3 is 1.71 bits per heavy atom. The molecular weight excluding hydrogens is 379 g/mol. The Bertz CT molecular complexity index is 1130. The highest BCUT2D eigenvalue weighted by Crippen LogP contribution is 2.33. The van der Waals surface area contributed by atoms with E-state index < -0.39 is 11.9 Å². The molecule has 0 saturated carbocycles. The summed E-state index contributed by atoms with van der Waals surface area (Å²) in [7, 11) is -0.224. The number of hydrogen-bond acceptors (Lipinski definition) is 5. The molecule has 0 amide bonds. The minimum Gasteiger partial charge on any atom is -0.478 e. The molecule has 0 fully saturated rings. The smallest absolute Gasteiger partial charge is 0.335 e. The van der Waals surface area contributed by atoms with Gasteiger partial charge in [0.15, 0.2) is 8.46 Å². The maximum Gasteiger partial charge on any atom is 0.335 e. The summed E-state index contributed by atoms with van der Waals surface area (Å²) < 4.78 is 11.6. The molecule has 0 aliphatic heterocycles. The molecule has 0 saturated heterocycles. The molecule has 0 spiro atoms. The summed E-state index contributed by atoms with van der Waals surface area (Å²) in [5, 5.41) is 18.6. The molecule has 7 nitrogen and oxygen atoms in total. The number of nitrogens with two attached hydrogens (primary N) is 2. The van der Waals surface area contributed by atoms with Gasteiger partial charge in [0.2, 0.25) is 0 Å². The minimum atomic E-state index is -1.10. The third-order valence-corrected chi connectivity index (χ3v) is 4.88. The van der Waals surface area contributed by atoms with Gasteiger partial charge in [-0.05, 0) is 47.5 Å². The first-order valence-electron chi connectivity index (χ1n) is 8.05. The van der Waals surface area contributed by atoms with Crippen molar-refractivity contribution >= 4 is 37.1 Å². The van der Waals surface area contributed by atoms with E-state index in [2.05, 4.69) is 0 Å². The fourth-order valence-corrected chi connectivity index (χ4v) is 3.32. The SMILES string of the molecule is Nc1cc(C(=O)O)ccc1-c1ccc(P=O)c(-c2ccc(C(=O)O)cc2N)c1. The Morgan fingerprint density at radius 2 is 1.25 bits per heavy atom. The number of benzene rings is 3. The van der Waals surface area contributed by atoms with E-state index in [-0.39, 0.29) is 31.0 Å². The molecule has 3 rings (SSSR count). The van der Waals surface area contributed by atoms with Crippen molar-refractivity contribution in [3.8, 4) is 22.3 Å². The van der Waals surface area contributed by atoms with E-state index in [0.717, 1.165) is 0 Å². The third-order valence-electron chi connectivity index (χ3n) is 4.29. The van der Waals surface area contributed by atoms with E-state index in [0.29, 0.717) is 27.6 Å². The van der Waals surface area contributed by atoms with Crippen LogP contribution in [0.2, 0.25) is 0 Å². The van der Waals surface area contributed by atoms with Crippen LogP contribution >= 0.6 is 8.46 Å². The summed E-state index contributed by atoms with van der Waals surface area (Å²) in [6.45, 7) is 0. The van der Waals surface area contributed by atoms with Crippen molar-refractivity contribution in [1.82, 2.24) is 0 Å². The van der Waals surface area contributed by atoms with E-state index in [1.165, 1.54) is 24.3 Å². The standard InChI is InChI=1S/C20H15N2O5P/c21-16-8-11(19(23)24)1-4-13(16)10-3-6-18(28-27)15(7-10)14-5-2-12(20(25)26)9-17(14)22/h1-9H,21-22H2,(H,23,24)(H,25,26). The average Bonchev–Trinajstić information content (AvgIpc) is 2.67.